The Morgan fingerprint density at radius 2 is 2.17 bits per heavy atom. The number of pyridine rings is 1. The minimum absolute atomic E-state index is 0.195. The van der Waals surface area contributed by atoms with Crippen molar-refractivity contribution in [3.05, 3.63) is 46.8 Å². The maximum atomic E-state index is 12.4. The van der Waals surface area contributed by atoms with Gasteiger partial charge >= 0.3 is 6.03 Å². The smallest absolute Gasteiger partial charge is 0.315 e. The molecule has 1 fully saturated rings. The molecule has 0 bridgehead atoms. The number of rotatable bonds is 4. The Labute approximate surface area is 143 Å². The van der Waals surface area contributed by atoms with E-state index in [9.17, 15) is 4.79 Å². The zero-order valence-electron chi connectivity index (χ0n) is 13.1. The van der Waals surface area contributed by atoms with Crippen molar-refractivity contribution in [1.29, 1.82) is 0 Å². The Bertz CT molecular complexity index is 837. The van der Waals surface area contributed by atoms with Crippen LogP contribution >= 0.6 is 11.3 Å². The maximum Gasteiger partial charge on any atom is 0.315 e. The molecular weight excluding hydrogens is 324 g/mol. The van der Waals surface area contributed by atoms with Gasteiger partial charge in [0.1, 0.15) is 5.01 Å². The number of hydrogen-bond donors (Lipinski definition) is 2. The lowest BCUT2D eigenvalue weighted by molar-refractivity contribution is 0.223. The Morgan fingerprint density at radius 1 is 1.29 bits per heavy atom. The molecule has 3 heterocycles. The zero-order chi connectivity index (χ0) is 16.4. The Balaban J connectivity index is 1.44. The van der Waals surface area contributed by atoms with Crippen LogP contribution in [0.1, 0.15) is 36.5 Å². The van der Waals surface area contributed by atoms with E-state index in [1.165, 1.54) is 0 Å². The lowest BCUT2D eigenvalue weighted by atomic mass is 9.99. The number of thiazole rings is 1. The molecule has 2 amide bonds. The van der Waals surface area contributed by atoms with Gasteiger partial charge in [-0.15, -0.1) is 21.5 Å². The highest BCUT2D eigenvalue weighted by molar-refractivity contribution is 7.09. The second kappa shape index (κ2) is 6.20. The lowest BCUT2D eigenvalue weighted by Crippen LogP contribution is -2.48. The molecule has 0 aromatic carbocycles. The van der Waals surface area contributed by atoms with Crippen LogP contribution in [0.2, 0.25) is 0 Å². The molecule has 0 saturated heterocycles. The van der Waals surface area contributed by atoms with Gasteiger partial charge in [-0.2, -0.15) is 0 Å². The maximum absolute atomic E-state index is 12.4. The topological polar surface area (TPSA) is 84.2 Å². The second-order valence-corrected chi connectivity index (χ2v) is 6.87. The summed E-state index contributed by atoms with van der Waals surface area (Å²) in [7, 11) is 0. The van der Waals surface area contributed by atoms with Gasteiger partial charge < -0.3 is 10.6 Å². The highest BCUT2D eigenvalue weighted by atomic mass is 32.1. The van der Waals surface area contributed by atoms with Crippen LogP contribution in [0.15, 0.2) is 36.0 Å². The van der Waals surface area contributed by atoms with Gasteiger partial charge in [0.15, 0.2) is 11.5 Å². The number of carbonyl (C=O) groups is 1. The summed E-state index contributed by atoms with van der Waals surface area (Å²) in [5, 5.41) is 17.2. The first-order valence-corrected chi connectivity index (χ1v) is 8.89. The van der Waals surface area contributed by atoms with Gasteiger partial charge in [0.25, 0.3) is 0 Å². The number of hydrogen-bond acceptors (Lipinski definition) is 5. The molecule has 1 aliphatic carbocycles. The summed E-state index contributed by atoms with van der Waals surface area (Å²) >= 11 is 1.60. The van der Waals surface area contributed by atoms with E-state index in [1.807, 2.05) is 34.2 Å². The Hall–Kier alpha value is -2.48. The monoisotopic (exact) mass is 342 g/mol. The summed E-state index contributed by atoms with van der Waals surface area (Å²) in [6, 6.07) is 5.51. The second-order valence-electron chi connectivity index (χ2n) is 5.98. The number of nitrogens with zero attached hydrogens (tertiary/aromatic N) is 4. The molecule has 1 aliphatic rings. The predicted octanol–water partition coefficient (Wildman–Crippen LogP) is 2.45. The molecule has 124 valence electrons. The molecule has 0 aliphatic heterocycles. The minimum Gasteiger partial charge on any atom is -0.331 e. The molecular formula is C16H18N6OS. The fraction of sp³-hybridized carbons (Fsp3) is 0.375. The van der Waals surface area contributed by atoms with Crippen LogP contribution in [0, 0.1) is 0 Å². The third-order valence-corrected chi connectivity index (χ3v) is 5.42. The first kappa shape index (κ1) is 15.1. The van der Waals surface area contributed by atoms with Crippen molar-refractivity contribution in [2.75, 3.05) is 0 Å². The van der Waals surface area contributed by atoms with Crippen LogP contribution in [0.25, 0.3) is 5.65 Å². The number of amides is 2. The van der Waals surface area contributed by atoms with Gasteiger partial charge in [0.2, 0.25) is 0 Å². The number of carbonyl (C=O) groups excluding carboxylic acids is 1. The molecule has 8 heteroatoms. The van der Waals surface area contributed by atoms with Crippen molar-refractivity contribution >= 4 is 23.0 Å². The van der Waals surface area contributed by atoms with Crippen molar-refractivity contribution in [1.82, 2.24) is 30.2 Å². The molecule has 3 aromatic heterocycles. The molecule has 0 spiro atoms. The molecule has 1 saturated carbocycles. The van der Waals surface area contributed by atoms with E-state index in [4.69, 9.17) is 0 Å². The highest BCUT2D eigenvalue weighted by Crippen LogP contribution is 2.39. The van der Waals surface area contributed by atoms with E-state index in [2.05, 4.69) is 25.8 Å². The average Bonchev–Trinajstić information content (AvgIpc) is 3.34. The molecule has 0 radical (unpaired) electrons. The number of fused-ring (bicyclic) bond motifs is 1. The van der Waals surface area contributed by atoms with Crippen LogP contribution in [-0.4, -0.2) is 25.6 Å². The van der Waals surface area contributed by atoms with Gasteiger partial charge in [0, 0.05) is 17.8 Å². The quantitative estimate of drug-likeness (QED) is 0.763. The van der Waals surface area contributed by atoms with Gasteiger partial charge in [-0.3, -0.25) is 4.40 Å². The summed E-state index contributed by atoms with van der Waals surface area (Å²) in [5.74, 6) is 0.704. The number of urea groups is 1. The summed E-state index contributed by atoms with van der Waals surface area (Å²) in [5.41, 5.74) is 0.440. The largest absolute Gasteiger partial charge is 0.331 e. The fourth-order valence-electron chi connectivity index (χ4n) is 3.26. The van der Waals surface area contributed by atoms with Crippen molar-refractivity contribution < 1.29 is 4.79 Å². The zero-order valence-corrected chi connectivity index (χ0v) is 13.9. The average molecular weight is 342 g/mol. The summed E-state index contributed by atoms with van der Waals surface area (Å²) in [4.78, 5) is 16.9. The highest BCUT2D eigenvalue weighted by Gasteiger charge is 2.39. The molecule has 0 atom stereocenters. The van der Waals surface area contributed by atoms with E-state index < -0.39 is 0 Å². The van der Waals surface area contributed by atoms with E-state index in [-0.39, 0.29) is 11.6 Å². The molecule has 3 aromatic rings. The van der Waals surface area contributed by atoms with E-state index in [0.29, 0.717) is 12.4 Å². The van der Waals surface area contributed by atoms with Gasteiger partial charge in [-0.25, -0.2) is 9.78 Å². The van der Waals surface area contributed by atoms with Crippen molar-refractivity contribution in [3.8, 4) is 0 Å². The Morgan fingerprint density at radius 3 is 2.96 bits per heavy atom. The Kier molecular flexibility index (Phi) is 3.89. The van der Waals surface area contributed by atoms with Crippen LogP contribution in [0.3, 0.4) is 0 Å². The fourth-order valence-corrected chi connectivity index (χ4v) is 4.12. The first-order valence-electron chi connectivity index (χ1n) is 8.01. The standard InChI is InChI=1S/C16H18N6OS/c23-15(18-11-13-21-20-12-5-1-4-9-22(12)13)19-16(6-2-3-7-16)14-17-8-10-24-14/h1,4-5,8-10H,2-3,6-7,11H2,(H2,18,19,23). The SMILES string of the molecule is O=C(NCc1nnc2ccccn12)NC1(c2nccs2)CCCC1. The van der Waals surface area contributed by atoms with Gasteiger partial charge in [-0.1, -0.05) is 18.9 Å². The first-order chi connectivity index (χ1) is 11.8. The minimum atomic E-state index is -0.328. The van der Waals surface area contributed by atoms with Crippen LogP contribution in [-0.2, 0) is 12.1 Å². The molecule has 2 N–H and O–H groups in total. The van der Waals surface area contributed by atoms with Crippen LogP contribution in [0.5, 0.6) is 0 Å². The predicted molar refractivity (Wildman–Crippen MR) is 90.6 cm³/mol. The van der Waals surface area contributed by atoms with Crippen LogP contribution < -0.4 is 10.6 Å². The summed E-state index contributed by atoms with van der Waals surface area (Å²) < 4.78 is 1.87. The molecule has 24 heavy (non-hydrogen) atoms. The molecule has 0 unspecified atom stereocenters. The molecule has 7 nitrogen and oxygen atoms in total. The number of nitrogens with one attached hydrogen (secondary N) is 2. The summed E-state index contributed by atoms with van der Waals surface area (Å²) in [6.45, 7) is 0.324. The summed E-state index contributed by atoms with van der Waals surface area (Å²) in [6.07, 6.45) is 7.76. The van der Waals surface area contributed by atoms with E-state index in [1.54, 1.807) is 17.5 Å². The third-order valence-electron chi connectivity index (χ3n) is 4.44. The third kappa shape index (κ3) is 2.73. The van der Waals surface area contributed by atoms with Crippen molar-refractivity contribution in [3.63, 3.8) is 0 Å². The van der Waals surface area contributed by atoms with Crippen LogP contribution in [0.4, 0.5) is 4.79 Å². The lowest BCUT2D eigenvalue weighted by Gasteiger charge is -2.28. The van der Waals surface area contributed by atoms with Gasteiger partial charge in [0.05, 0.1) is 12.1 Å². The van der Waals surface area contributed by atoms with Crippen molar-refractivity contribution in [2.45, 2.75) is 37.8 Å². The van der Waals surface area contributed by atoms with Crippen molar-refractivity contribution in [2.24, 2.45) is 0 Å². The molecule has 4 rings (SSSR count). The van der Waals surface area contributed by atoms with E-state index in [0.717, 1.165) is 36.3 Å². The normalized spacial score (nSPS) is 16.3. The van der Waals surface area contributed by atoms with E-state index >= 15 is 0 Å². The van der Waals surface area contributed by atoms with Gasteiger partial charge in [-0.05, 0) is 25.0 Å². The number of aromatic nitrogens is 4.